The van der Waals surface area contributed by atoms with Crippen molar-refractivity contribution in [3.05, 3.63) is 29.3 Å². The van der Waals surface area contributed by atoms with Gasteiger partial charge in [0, 0.05) is 12.2 Å². The lowest BCUT2D eigenvalue weighted by Gasteiger charge is -2.20. The van der Waals surface area contributed by atoms with Crippen LogP contribution < -0.4 is 5.73 Å². The number of likely N-dealkylation sites (tertiary alicyclic amines) is 1. The third-order valence-electron chi connectivity index (χ3n) is 3.48. The zero-order chi connectivity index (χ0) is 13.0. The average Bonchev–Trinajstić information content (AvgIpc) is 2.60. The molecular formula is C14H22Cl2N2O2. The van der Waals surface area contributed by atoms with Crippen molar-refractivity contribution in [2.45, 2.75) is 32.2 Å². The van der Waals surface area contributed by atoms with E-state index in [-0.39, 0.29) is 24.8 Å². The summed E-state index contributed by atoms with van der Waals surface area (Å²) >= 11 is 0. The molecule has 114 valence electrons. The van der Waals surface area contributed by atoms with Crippen LogP contribution in [0.3, 0.4) is 0 Å². The lowest BCUT2D eigenvalue weighted by Crippen LogP contribution is -2.24. The number of carbonyl (C=O) groups is 1. The van der Waals surface area contributed by atoms with Gasteiger partial charge in [0.1, 0.15) is 0 Å². The Balaban J connectivity index is 0.00000180. The maximum atomic E-state index is 11.0. The Morgan fingerprint density at radius 3 is 2.30 bits per heavy atom. The Labute approximate surface area is 132 Å². The van der Waals surface area contributed by atoms with E-state index in [0.717, 1.165) is 25.2 Å². The molecule has 0 aliphatic carbocycles. The van der Waals surface area contributed by atoms with Gasteiger partial charge in [-0.05, 0) is 49.7 Å². The molecule has 0 atom stereocenters. The van der Waals surface area contributed by atoms with Crippen LogP contribution in [0.4, 0.5) is 5.69 Å². The number of nitrogen functional groups attached to an aromatic ring is 1. The van der Waals surface area contributed by atoms with E-state index in [9.17, 15) is 4.79 Å². The van der Waals surface area contributed by atoms with E-state index in [1.807, 2.05) is 0 Å². The third-order valence-corrected chi connectivity index (χ3v) is 3.48. The van der Waals surface area contributed by atoms with Crippen LogP contribution >= 0.6 is 24.8 Å². The van der Waals surface area contributed by atoms with Crippen LogP contribution in [0.25, 0.3) is 0 Å². The second kappa shape index (κ2) is 9.06. The van der Waals surface area contributed by atoms with Gasteiger partial charge >= 0.3 is 5.97 Å². The summed E-state index contributed by atoms with van der Waals surface area (Å²) in [5.74, 6) is -0.896. The minimum absolute atomic E-state index is 0. The highest BCUT2D eigenvalue weighted by Gasteiger charge is 2.12. The number of carboxylic acid groups (broad SMARTS) is 1. The molecule has 1 saturated heterocycles. The second-order valence-corrected chi connectivity index (χ2v) is 4.91. The average molecular weight is 321 g/mol. The Morgan fingerprint density at radius 1 is 1.15 bits per heavy atom. The van der Waals surface area contributed by atoms with Gasteiger partial charge in [0.05, 0.1) is 5.56 Å². The van der Waals surface area contributed by atoms with Crippen LogP contribution in [0, 0.1) is 0 Å². The quantitative estimate of drug-likeness (QED) is 0.839. The van der Waals surface area contributed by atoms with Gasteiger partial charge in [0.25, 0.3) is 0 Å². The molecule has 3 N–H and O–H groups in total. The number of nitrogens with zero attached hydrogens (tertiary/aromatic N) is 1. The summed E-state index contributed by atoms with van der Waals surface area (Å²) in [6.45, 7) is 2.92. The van der Waals surface area contributed by atoms with Crippen molar-refractivity contribution in [3.8, 4) is 0 Å². The number of aromatic carboxylic acids is 1. The van der Waals surface area contributed by atoms with E-state index in [1.54, 1.807) is 18.2 Å². The standard InChI is InChI=1S/C14H20N2O2.2ClH/c15-13-6-5-11(14(17)18)9-12(13)10-16-7-3-1-2-4-8-16;;/h5-6,9H,1-4,7-8,10,15H2,(H,17,18);2*1H. The van der Waals surface area contributed by atoms with Gasteiger partial charge in [0.2, 0.25) is 0 Å². The predicted molar refractivity (Wildman–Crippen MR) is 86.1 cm³/mol. The van der Waals surface area contributed by atoms with Gasteiger partial charge in [-0.15, -0.1) is 24.8 Å². The summed E-state index contributed by atoms with van der Waals surface area (Å²) in [6, 6.07) is 4.95. The minimum atomic E-state index is -0.896. The largest absolute Gasteiger partial charge is 0.478 e. The van der Waals surface area contributed by atoms with Crippen LogP contribution in [-0.2, 0) is 6.54 Å². The molecule has 0 unspecified atom stereocenters. The summed E-state index contributed by atoms with van der Waals surface area (Å²) in [5, 5.41) is 9.00. The Morgan fingerprint density at radius 2 is 1.75 bits per heavy atom. The van der Waals surface area contributed by atoms with E-state index < -0.39 is 5.97 Å². The molecule has 0 radical (unpaired) electrons. The molecule has 4 nitrogen and oxygen atoms in total. The van der Waals surface area contributed by atoms with Crippen LogP contribution in [0.2, 0.25) is 0 Å². The fourth-order valence-corrected chi connectivity index (χ4v) is 2.41. The van der Waals surface area contributed by atoms with Crippen molar-refractivity contribution in [1.29, 1.82) is 0 Å². The fraction of sp³-hybridized carbons (Fsp3) is 0.500. The molecule has 2 rings (SSSR count). The van der Waals surface area contributed by atoms with Crippen LogP contribution in [0.15, 0.2) is 18.2 Å². The molecule has 1 heterocycles. The first-order chi connectivity index (χ1) is 8.66. The zero-order valence-electron chi connectivity index (χ0n) is 11.4. The maximum Gasteiger partial charge on any atom is 0.335 e. The molecule has 0 amide bonds. The van der Waals surface area contributed by atoms with Gasteiger partial charge in [-0.25, -0.2) is 4.79 Å². The molecule has 0 saturated carbocycles. The molecule has 1 aromatic carbocycles. The molecule has 0 bridgehead atoms. The van der Waals surface area contributed by atoms with Gasteiger partial charge in [-0.3, -0.25) is 4.90 Å². The first-order valence-electron chi connectivity index (χ1n) is 6.51. The van der Waals surface area contributed by atoms with E-state index in [0.29, 0.717) is 11.3 Å². The molecule has 0 aromatic heterocycles. The van der Waals surface area contributed by atoms with E-state index in [4.69, 9.17) is 10.8 Å². The smallest absolute Gasteiger partial charge is 0.335 e. The molecule has 1 fully saturated rings. The van der Waals surface area contributed by atoms with Crippen LogP contribution in [0.5, 0.6) is 0 Å². The summed E-state index contributed by atoms with van der Waals surface area (Å²) in [5.41, 5.74) is 7.85. The van der Waals surface area contributed by atoms with Crippen molar-refractivity contribution >= 4 is 36.5 Å². The number of rotatable bonds is 3. The maximum absolute atomic E-state index is 11.0. The first-order valence-corrected chi connectivity index (χ1v) is 6.51. The van der Waals surface area contributed by atoms with Crippen molar-refractivity contribution in [3.63, 3.8) is 0 Å². The molecular weight excluding hydrogens is 299 g/mol. The van der Waals surface area contributed by atoms with Crippen molar-refractivity contribution in [2.24, 2.45) is 0 Å². The number of nitrogens with two attached hydrogens (primary N) is 1. The van der Waals surface area contributed by atoms with Gasteiger partial charge in [-0.1, -0.05) is 12.8 Å². The highest BCUT2D eigenvalue weighted by molar-refractivity contribution is 5.88. The van der Waals surface area contributed by atoms with Crippen LogP contribution in [0.1, 0.15) is 41.6 Å². The highest BCUT2D eigenvalue weighted by Crippen LogP contribution is 2.19. The topological polar surface area (TPSA) is 66.6 Å². The summed E-state index contributed by atoms with van der Waals surface area (Å²) in [6.07, 6.45) is 5.03. The molecule has 0 spiro atoms. The Hall–Kier alpha value is -0.970. The third kappa shape index (κ3) is 5.19. The Kier molecular flexibility index (Phi) is 8.62. The molecule has 6 heteroatoms. The summed E-state index contributed by atoms with van der Waals surface area (Å²) < 4.78 is 0. The van der Waals surface area contributed by atoms with E-state index in [1.165, 1.54) is 25.7 Å². The highest BCUT2D eigenvalue weighted by atomic mass is 35.5. The lowest BCUT2D eigenvalue weighted by molar-refractivity contribution is 0.0696. The van der Waals surface area contributed by atoms with Crippen molar-refractivity contribution in [2.75, 3.05) is 18.8 Å². The second-order valence-electron chi connectivity index (χ2n) is 4.91. The predicted octanol–water partition coefficient (Wildman–Crippen LogP) is 3.19. The number of hydrogen-bond donors (Lipinski definition) is 2. The van der Waals surface area contributed by atoms with E-state index in [2.05, 4.69) is 4.90 Å². The number of hydrogen-bond acceptors (Lipinski definition) is 3. The van der Waals surface area contributed by atoms with Crippen molar-refractivity contribution in [1.82, 2.24) is 4.90 Å². The first kappa shape index (κ1) is 19.0. The van der Waals surface area contributed by atoms with Gasteiger partial charge in [-0.2, -0.15) is 0 Å². The number of anilines is 1. The fourth-order valence-electron chi connectivity index (χ4n) is 2.41. The lowest BCUT2D eigenvalue weighted by atomic mass is 10.1. The monoisotopic (exact) mass is 320 g/mol. The zero-order valence-corrected chi connectivity index (χ0v) is 13.0. The molecule has 20 heavy (non-hydrogen) atoms. The normalized spacial score (nSPS) is 15.6. The summed E-state index contributed by atoms with van der Waals surface area (Å²) in [4.78, 5) is 13.3. The minimum Gasteiger partial charge on any atom is -0.478 e. The molecule has 1 aliphatic heterocycles. The number of benzene rings is 1. The number of halogens is 2. The van der Waals surface area contributed by atoms with E-state index >= 15 is 0 Å². The van der Waals surface area contributed by atoms with Crippen molar-refractivity contribution < 1.29 is 9.90 Å². The summed E-state index contributed by atoms with van der Waals surface area (Å²) in [7, 11) is 0. The van der Waals surface area contributed by atoms with Gasteiger partial charge < -0.3 is 10.8 Å². The van der Waals surface area contributed by atoms with Gasteiger partial charge in [0.15, 0.2) is 0 Å². The Bertz CT molecular complexity index is 433. The SMILES string of the molecule is Cl.Cl.Nc1ccc(C(=O)O)cc1CN1CCCCCC1. The molecule has 1 aliphatic rings. The molecule has 1 aromatic rings. The van der Waals surface area contributed by atoms with Crippen LogP contribution in [-0.4, -0.2) is 29.1 Å². The number of carboxylic acids is 1.